The van der Waals surface area contributed by atoms with Crippen LogP contribution in [0.2, 0.25) is 5.02 Å². The molecule has 0 fully saturated rings. The van der Waals surface area contributed by atoms with Crippen LogP contribution in [-0.4, -0.2) is 29.1 Å². The summed E-state index contributed by atoms with van der Waals surface area (Å²) in [5, 5.41) is 7.62. The molecule has 0 saturated heterocycles. The zero-order valence-corrected chi connectivity index (χ0v) is 14.8. The number of halogens is 1. The third-order valence-electron chi connectivity index (χ3n) is 3.53. The zero-order chi connectivity index (χ0) is 17.4. The smallest absolute Gasteiger partial charge is 0.259 e. The van der Waals surface area contributed by atoms with Gasteiger partial charge in [-0.2, -0.15) is 5.10 Å². The topological polar surface area (TPSA) is 87.7 Å². The van der Waals surface area contributed by atoms with Gasteiger partial charge in [0.1, 0.15) is 0 Å². The van der Waals surface area contributed by atoms with Crippen LogP contribution in [-0.2, 0) is 16.4 Å². The number of aromatic nitrogens is 3. The molecule has 126 valence electrons. The Labute approximate surface area is 145 Å². The molecule has 0 aliphatic heterocycles. The number of nitrogens with zero attached hydrogens (tertiary/aromatic N) is 2. The molecule has 0 aliphatic carbocycles. The van der Waals surface area contributed by atoms with Gasteiger partial charge in [0.05, 0.1) is 5.39 Å². The molecule has 1 aromatic carbocycles. The fourth-order valence-electron chi connectivity index (χ4n) is 2.60. The van der Waals surface area contributed by atoms with E-state index in [0.29, 0.717) is 22.5 Å². The number of hydrogen-bond donors (Lipinski definition) is 2. The average Bonchev–Trinajstić information content (AvgIpc) is 2.93. The minimum atomic E-state index is -3.79. The van der Waals surface area contributed by atoms with Crippen molar-refractivity contribution in [3.05, 3.63) is 53.2 Å². The van der Waals surface area contributed by atoms with Crippen LogP contribution in [0.3, 0.4) is 0 Å². The summed E-state index contributed by atoms with van der Waals surface area (Å²) in [5.74, 6) is 0. The summed E-state index contributed by atoms with van der Waals surface area (Å²) in [4.78, 5) is 4.07. The van der Waals surface area contributed by atoms with Crippen molar-refractivity contribution in [2.24, 2.45) is 0 Å². The van der Waals surface area contributed by atoms with Crippen molar-refractivity contribution in [1.82, 2.24) is 19.9 Å². The first-order valence-electron chi connectivity index (χ1n) is 7.34. The van der Waals surface area contributed by atoms with Crippen LogP contribution in [0.15, 0.2) is 47.6 Å². The van der Waals surface area contributed by atoms with Gasteiger partial charge in [0, 0.05) is 16.8 Å². The molecule has 0 bridgehead atoms. The van der Waals surface area contributed by atoms with E-state index in [1.54, 1.807) is 30.5 Å². The summed E-state index contributed by atoms with van der Waals surface area (Å²) in [6.07, 6.45) is 2.10. The molecule has 2 aromatic heterocycles. The van der Waals surface area contributed by atoms with E-state index in [-0.39, 0.29) is 5.03 Å². The molecule has 0 saturated carbocycles. The van der Waals surface area contributed by atoms with E-state index >= 15 is 0 Å². The van der Waals surface area contributed by atoms with Gasteiger partial charge in [-0.25, -0.2) is 18.1 Å². The number of pyridine rings is 1. The number of aromatic amines is 1. The van der Waals surface area contributed by atoms with Crippen LogP contribution in [0.5, 0.6) is 0 Å². The highest BCUT2D eigenvalue weighted by molar-refractivity contribution is 7.89. The van der Waals surface area contributed by atoms with Crippen LogP contribution in [0.1, 0.15) is 19.4 Å². The van der Waals surface area contributed by atoms with E-state index in [0.717, 1.165) is 5.56 Å². The fraction of sp³-hybridized carbons (Fsp3) is 0.250. The largest absolute Gasteiger partial charge is 0.261 e. The van der Waals surface area contributed by atoms with E-state index in [1.165, 1.54) is 0 Å². The predicted octanol–water partition coefficient (Wildman–Crippen LogP) is 2.91. The quantitative estimate of drug-likeness (QED) is 0.728. The van der Waals surface area contributed by atoms with E-state index in [9.17, 15) is 8.42 Å². The Morgan fingerprint density at radius 1 is 1.21 bits per heavy atom. The molecule has 2 N–H and O–H groups in total. The number of H-pyrrole nitrogens is 1. The standard InChI is InChI=1S/C16H17ClN4O2S/c1-16(2,10-11-5-7-12(17)8-6-11)21-24(22,23)15-13-4-3-9-18-14(13)19-20-15/h3-9,21H,10H2,1-2H3,(H,18,19,20). The molecule has 24 heavy (non-hydrogen) atoms. The zero-order valence-electron chi connectivity index (χ0n) is 13.2. The summed E-state index contributed by atoms with van der Waals surface area (Å²) in [7, 11) is -3.79. The SMILES string of the molecule is CC(C)(Cc1ccc(Cl)cc1)NS(=O)(=O)c1n[nH]c2ncccc12. The molecule has 0 unspecified atom stereocenters. The molecule has 8 heteroatoms. The van der Waals surface area contributed by atoms with Crippen LogP contribution >= 0.6 is 11.6 Å². The first-order chi connectivity index (χ1) is 11.3. The summed E-state index contributed by atoms with van der Waals surface area (Å²) >= 11 is 5.88. The molecule has 3 aromatic rings. The fourth-order valence-corrected chi connectivity index (χ4v) is 4.24. The number of benzene rings is 1. The lowest BCUT2D eigenvalue weighted by Crippen LogP contribution is -2.45. The van der Waals surface area contributed by atoms with Crippen LogP contribution in [0.4, 0.5) is 0 Å². The Bertz CT molecular complexity index is 965. The summed E-state index contributed by atoms with van der Waals surface area (Å²) in [5.41, 5.74) is 0.731. The lowest BCUT2D eigenvalue weighted by molar-refractivity contribution is 0.449. The van der Waals surface area contributed by atoms with Gasteiger partial charge in [-0.15, -0.1) is 0 Å². The average molecular weight is 365 g/mol. The van der Waals surface area contributed by atoms with Crippen LogP contribution < -0.4 is 4.72 Å². The highest BCUT2D eigenvalue weighted by Crippen LogP contribution is 2.22. The molecule has 0 aliphatic rings. The Hall–Kier alpha value is -1.96. The first-order valence-corrected chi connectivity index (χ1v) is 9.20. The Kier molecular flexibility index (Phi) is 4.33. The predicted molar refractivity (Wildman–Crippen MR) is 93.4 cm³/mol. The van der Waals surface area contributed by atoms with Crippen molar-refractivity contribution in [2.45, 2.75) is 30.8 Å². The number of fused-ring (bicyclic) bond motifs is 1. The van der Waals surface area contributed by atoms with Crippen molar-refractivity contribution >= 4 is 32.7 Å². The van der Waals surface area contributed by atoms with Gasteiger partial charge in [0.2, 0.25) is 5.03 Å². The number of sulfonamides is 1. The van der Waals surface area contributed by atoms with Crippen molar-refractivity contribution in [3.8, 4) is 0 Å². The number of hydrogen-bond acceptors (Lipinski definition) is 4. The normalized spacial score (nSPS) is 12.6. The molecule has 0 spiro atoms. The van der Waals surface area contributed by atoms with Gasteiger partial charge in [0.25, 0.3) is 10.0 Å². The Morgan fingerprint density at radius 3 is 2.62 bits per heavy atom. The maximum Gasteiger partial charge on any atom is 0.261 e. The lowest BCUT2D eigenvalue weighted by Gasteiger charge is -2.25. The number of rotatable bonds is 5. The third-order valence-corrected chi connectivity index (χ3v) is 5.42. The van der Waals surface area contributed by atoms with Gasteiger partial charge in [-0.05, 0) is 50.1 Å². The molecule has 0 radical (unpaired) electrons. The first kappa shape index (κ1) is 16.9. The highest BCUT2D eigenvalue weighted by Gasteiger charge is 2.29. The van der Waals surface area contributed by atoms with E-state index < -0.39 is 15.6 Å². The van der Waals surface area contributed by atoms with E-state index in [4.69, 9.17) is 11.6 Å². The molecule has 0 atom stereocenters. The molecule has 3 rings (SSSR count). The monoisotopic (exact) mass is 364 g/mol. The second kappa shape index (κ2) is 6.16. The molecular formula is C16H17ClN4O2S. The Morgan fingerprint density at radius 2 is 1.92 bits per heavy atom. The minimum absolute atomic E-state index is 0.0465. The Balaban J connectivity index is 1.86. The summed E-state index contributed by atoms with van der Waals surface area (Å²) in [6.45, 7) is 3.65. The van der Waals surface area contributed by atoms with Crippen molar-refractivity contribution in [3.63, 3.8) is 0 Å². The molecular weight excluding hydrogens is 348 g/mol. The van der Waals surface area contributed by atoms with E-state index in [1.807, 2.05) is 26.0 Å². The van der Waals surface area contributed by atoms with Gasteiger partial charge >= 0.3 is 0 Å². The van der Waals surface area contributed by atoms with Gasteiger partial charge in [0.15, 0.2) is 5.65 Å². The van der Waals surface area contributed by atoms with Crippen LogP contribution in [0.25, 0.3) is 11.0 Å². The molecule has 0 amide bonds. The maximum absolute atomic E-state index is 12.7. The van der Waals surface area contributed by atoms with Gasteiger partial charge in [-0.3, -0.25) is 5.10 Å². The second-order valence-corrected chi connectivity index (χ2v) is 8.26. The van der Waals surface area contributed by atoms with Gasteiger partial charge in [-0.1, -0.05) is 23.7 Å². The van der Waals surface area contributed by atoms with Gasteiger partial charge < -0.3 is 0 Å². The number of nitrogens with one attached hydrogen (secondary N) is 2. The lowest BCUT2D eigenvalue weighted by atomic mass is 9.96. The minimum Gasteiger partial charge on any atom is -0.259 e. The summed E-state index contributed by atoms with van der Waals surface area (Å²) in [6, 6.07) is 10.7. The summed E-state index contributed by atoms with van der Waals surface area (Å²) < 4.78 is 28.2. The van der Waals surface area contributed by atoms with Crippen molar-refractivity contribution in [2.75, 3.05) is 0 Å². The van der Waals surface area contributed by atoms with Crippen molar-refractivity contribution < 1.29 is 8.42 Å². The van der Waals surface area contributed by atoms with E-state index in [2.05, 4.69) is 19.9 Å². The maximum atomic E-state index is 12.7. The third kappa shape index (κ3) is 3.58. The molecule has 6 nitrogen and oxygen atoms in total. The molecule has 2 heterocycles. The second-order valence-electron chi connectivity index (χ2n) is 6.22. The highest BCUT2D eigenvalue weighted by atomic mass is 35.5. The van der Waals surface area contributed by atoms with Crippen molar-refractivity contribution in [1.29, 1.82) is 0 Å². The van der Waals surface area contributed by atoms with Crippen LogP contribution in [0, 0.1) is 0 Å².